The monoisotopic (exact) mass is 300 g/mol. The summed E-state index contributed by atoms with van der Waals surface area (Å²) in [4.78, 5) is 2.37. The van der Waals surface area contributed by atoms with Crippen molar-refractivity contribution in [2.24, 2.45) is 11.7 Å². The van der Waals surface area contributed by atoms with Crippen molar-refractivity contribution < 1.29 is 4.39 Å². The zero-order valence-electron chi connectivity index (χ0n) is 10.00. The van der Waals surface area contributed by atoms with Gasteiger partial charge in [0, 0.05) is 23.6 Å². The van der Waals surface area contributed by atoms with Crippen LogP contribution in [0, 0.1) is 11.7 Å². The van der Waals surface area contributed by atoms with Gasteiger partial charge in [-0.3, -0.25) is 4.90 Å². The minimum absolute atomic E-state index is 0.176. The van der Waals surface area contributed by atoms with Gasteiger partial charge in [-0.25, -0.2) is 4.39 Å². The Kier molecular flexibility index (Phi) is 4.17. The van der Waals surface area contributed by atoms with E-state index in [-0.39, 0.29) is 5.82 Å². The van der Waals surface area contributed by atoms with Gasteiger partial charge in [-0.1, -0.05) is 15.9 Å². The SMILES string of the molecule is CC1CC(CN)CN1Cc1cc(F)ccc1Br. The molecule has 1 fully saturated rings. The molecule has 2 nitrogen and oxygen atoms in total. The van der Waals surface area contributed by atoms with E-state index < -0.39 is 0 Å². The molecule has 0 aliphatic carbocycles. The summed E-state index contributed by atoms with van der Waals surface area (Å²) in [5.74, 6) is 0.405. The van der Waals surface area contributed by atoms with Crippen LogP contribution in [-0.2, 0) is 6.54 Å². The summed E-state index contributed by atoms with van der Waals surface area (Å²) in [6.45, 7) is 4.75. The van der Waals surface area contributed by atoms with Gasteiger partial charge in [-0.05, 0) is 49.6 Å². The van der Waals surface area contributed by atoms with Crippen LogP contribution in [0.4, 0.5) is 4.39 Å². The first kappa shape index (κ1) is 13.0. The lowest BCUT2D eigenvalue weighted by molar-refractivity contribution is 0.255. The highest BCUT2D eigenvalue weighted by Gasteiger charge is 2.28. The van der Waals surface area contributed by atoms with E-state index in [0.717, 1.165) is 36.1 Å². The summed E-state index contributed by atoms with van der Waals surface area (Å²) in [5, 5.41) is 0. The average molecular weight is 301 g/mol. The van der Waals surface area contributed by atoms with Crippen molar-refractivity contribution >= 4 is 15.9 Å². The predicted molar refractivity (Wildman–Crippen MR) is 71.1 cm³/mol. The Morgan fingerprint density at radius 3 is 2.94 bits per heavy atom. The van der Waals surface area contributed by atoms with E-state index in [0.29, 0.717) is 12.0 Å². The second-order valence-electron chi connectivity index (χ2n) is 4.85. The summed E-state index contributed by atoms with van der Waals surface area (Å²) >= 11 is 3.47. The van der Waals surface area contributed by atoms with Gasteiger partial charge >= 0.3 is 0 Å². The first-order chi connectivity index (χ1) is 8.10. The molecule has 0 bridgehead atoms. The fraction of sp³-hybridized carbons (Fsp3) is 0.538. The summed E-state index contributed by atoms with van der Waals surface area (Å²) in [6, 6.07) is 5.38. The Morgan fingerprint density at radius 1 is 1.53 bits per heavy atom. The van der Waals surface area contributed by atoms with Crippen molar-refractivity contribution in [3.8, 4) is 0 Å². The lowest BCUT2D eigenvalue weighted by Crippen LogP contribution is -2.27. The molecule has 1 aliphatic heterocycles. The maximum Gasteiger partial charge on any atom is 0.123 e. The number of hydrogen-bond donors (Lipinski definition) is 1. The van der Waals surface area contributed by atoms with Crippen molar-refractivity contribution in [2.45, 2.75) is 25.9 Å². The Labute approximate surface area is 110 Å². The molecule has 1 saturated heterocycles. The molecule has 1 aromatic rings. The Balaban J connectivity index is 2.08. The minimum atomic E-state index is -0.176. The number of benzene rings is 1. The van der Waals surface area contributed by atoms with Crippen LogP contribution in [0.25, 0.3) is 0 Å². The molecule has 17 heavy (non-hydrogen) atoms. The fourth-order valence-corrected chi connectivity index (χ4v) is 2.86. The Hall–Kier alpha value is -0.450. The van der Waals surface area contributed by atoms with Crippen LogP contribution < -0.4 is 5.73 Å². The molecule has 2 N–H and O–H groups in total. The van der Waals surface area contributed by atoms with E-state index in [9.17, 15) is 4.39 Å². The number of rotatable bonds is 3. The normalized spacial score (nSPS) is 25.4. The van der Waals surface area contributed by atoms with Crippen LogP contribution in [0.1, 0.15) is 18.9 Å². The third kappa shape index (κ3) is 3.06. The molecule has 0 amide bonds. The maximum atomic E-state index is 13.2. The number of halogens is 2. The van der Waals surface area contributed by atoms with E-state index in [4.69, 9.17) is 5.73 Å². The molecule has 1 aliphatic rings. The average Bonchev–Trinajstić information content (AvgIpc) is 2.65. The highest BCUT2D eigenvalue weighted by Crippen LogP contribution is 2.27. The summed E-state index contributed by atoms with van der Waals surface area (Å²) < 4.78 is 14.2. The third-order valence-corrected chi connectivity index (χ3v) is 4.28. The molecule has 0 saturated carbocycles. The Morgan fingerprint density at radius 2 is 2.29 bits per heavy atom. The maximum absolute atomic E-state index is 13.2. The number of nitrogens with zero attached hydrogens (tertiary/aromatic N) is 1. The van der Waals surface area contributed by atoms with Gasteiger partial charge in [0.25, 0.3) is 0 Å². The third-order valence-electron chi connectivity index (χ3n) is 3.51. The quantitative estimate of drug-likeness (QED) is 0.930. The number of hydrogen-bond acceptors (Lipinski definition) is 2. The van der Waals surface area contributed by atoms with E-state index in [2.05, 4.69) is 27.8 Å². The molecule has 2 atom stereocenters. The molecule has 4 heteroatoms. The van der Waals surface area contributed by atoms with Crippen LogP contribution in [0.5, 0.6) is 0 Å². The molecule has 94 valence electrons. The highest BCUT2D eigenvalue weighted by atomic mass is 79.9. The number of likely N-dealkylation sites (tertiary alicyclic amines) is 1. The predicted octanol–water partition coefficient (Wildman–Crippen LogP) is 2.76. The molecule has 2 unspecified atom stereocenters. The van der Waals surface area contributed by atoms with Gasteiger partial charge in [0.15, 0.2) is 0 Å². The van der Waals surface area contributed by atoms with Crippen molar-refractivity contribution in [1.82, 2.24) is 4.90 Å². The second-order valence-corrected chi connectivity index (χ2v) is 5.71. The van der Waals surface area contributed by atoms with Crippen LogP contribution >= 0.6 is 15.9 Å². The van der Waals surface area contributed by atoms with Crippen LogP contribution in [0.2, 0.25) is 0 Å². The second kappa shape index (κ2) is 5.46. The summed E-state index contributed by atoms with van der Waals surface area (Å²) in [7, 11) is 0. The zero-order valence-corrected chi connectivity index (χ0v) is 11.6. The van der Waals surface area contributed by atoms with Gasteiger partial charge < -0.3 is 5.73 Å². The molecule has 0 aromatic heterocycles. The zero-order chi connectivity index (χ0) is 12.4. The van der Waals surface area contributed by atoms with E-state index in [1.165, 1.54) is 6.07 Å². The summed E-state index contributed by atoms with van der Waals surface area (Å²) in [5.41, 5.74) is 6.72. The van der Waals surface area contributed by atoms with Crippen molar-refractivity contribution in [3.63, 3.8) is 0 Å². The first-order valence-corrected chi connectivity index (χ1v) is 6.77. The lowest BCUT2D eigenvalue weighted by Gasteiger charge is -2.21. The minimum Gasteiger partial charge on any atom is -0.330 e. The molecule has 1 aromatic carbocycles. The largest absolute Gasteiger partial charge is 0.330 e. The lowest BCUT2D eigenvalue weighted by atomic mass is 10.1. The van der Waals surface area contributed by atoms with Crippen LogP contribution in [0.15, 0.2) is 22.7 Å². The first-order valence-electron chi connectivity index (χ1n) is 5.98. The molecule has 1 heterocycles. The Bertz CT molecular complexity index is 397. The molecule has 2 rings (SSSR count). The fourth-order valence-electron chi connectivity index (χ4n) is 2.49. The van der Waals surface area contributed by atoms with E-state index in [1.54, 1.807) is 12.1 Å². The van der Waals surface area contributed by atoms with Gasteiger partial charge in [0.05, 0.1) is 0 Å². The van der Waals surface area contributed by atoms with Crippen molar-refractivity contribution in [1.29, 1.82) is 0 Å². The van der Waals surface area contributed by atoms with Gasteiger partial charge in [-0.2, -0.15) is 0 Å². The van der Waals surface area contributed by atoms with Gasteiger partial charge in [0.1, 0.15) is 5.82 Å². The molecular weight excluding hydrogens is 283 g/mol. The van der Waals surface area contributed by atoms with Crippen molar-refractivity contribution in [2.75, 3.05) is 13.1 Å². The smallest absolute Gasteiger partial charge is 0.123 e. The van der Waals surface area contributed by atoms with Gasteiger partial charge in [-0.15, -0.1) is 0 Å². The molecule has 0 radical (unpaired) electrons. The van der Waals surface area contributed by atoms with Crippen LogP contribution in [0.3, 0.4) is 0 Å². The number of nitrogens with two attached hydrogens (primary N) is 1. The standard InChI is InChI=1S/C13H18BrFN2/c1-9-4-10(6-16)7-17(9)8-11-5-12(15)2-3-13(11)14/h2-3,5,9-10H,4,6-8,16H2,1H3. The van der Waals surface area contributed by atoms with E-state index >= 15 is 0 Å². The van der Waals surface area contributed by atoms with Crippen LogP contribution in [-0.4, -0.2) is 24.0 Å². The summed E-state index contributed by atoms with van der Waals surface area (Å²) in [6.07, 6.45) is 1.14. The molecular formula is C13H18BrFN2. The highest BCUT2D eigenvalue weighted by molar-refractivity contribution is 9.10. The van der Waals surface area contributed by atoms with Gasteiger partial charge in [0.2, 0.25) is 0 Å². The van der Waals surface area contributed by atoms with Crippen molar-refractivity contribution in [3.05, 3.63) is 34.1 Å². The topological polar surface area (TPSA) is 29.3 Å². The molecule has 0 spiro atoms. The van der Waals surface area contributed by atoms with E-state index in [1.807, 2.05) is 0 Å².